The second-order valence-corrected chi connectivity index (χ2v) is 4.51. The Bertz CT molecular complexity index is 582. The number of carbonyl (C=O) groups excluding carboxylic acids is 1. The van der Waals surface area contributed by atoms with Crippen molar-refractivity contribution < 1.29 is 9.90 Å². The maximum absolute atomic E-state index is 12.2. The molecule has 3 rings (SSSR count). The van der Waals surface area contributed by atoms with E-state index < -0.39 is 0 Å². The van der Waals surface area contributed by atoms with Gasteiger partial charge in [-0.2, -0.15) is 0 Å². The lowest BCUT2D eigenvalue weighted by atomic mass is 10.1. The van der Waals surface area contributed by atoms with Crippen molar-refractivity contribution in [2.75, 3.05) is 13.1 Å². The van der Waals surface area contributed by atoms with E-state index >= 15 is 0 Å². The maximum Gasteiger partial charge on any atom is 0.270 e. The van der Waals surface area contributed by atoms with Gasteiger partial charge in [0.15, 0.2) is 0 Å². The number of aliphatic hydroxyl groups excluding tert-OH is 1. The number of likely N-dealkylation sites (tertiary alicyclic amines) is 1. The van der Waals surface area contributed by atoms with Gasteiger partial charge in [-0.05, 0) is 12.1 Å². The first kappa shape index (κ1) is 10.4. The minimum atomic E-state index is -0.353. The number of aromatic nitrogens is 1. The van der Waals surface area contributed by atoms with Gasteiger partial charge in [0.1, 0.15) is 5.69 Å². The zero-order chi connectivity index (χ0) is 12.0. The van der Waals surface area contributed by atoms with E-state index in [0.717, 1.165) is 10.9 Å². The molecule has 2 heterocycles. The monoisotopic (exact) mass is 230 g/mol. The van der Waals surface area contributed by atoms with Gasteiger partial charge in [0, 0.05) is 31.0 Å². The number of nitrogens with zero attached hydrogens (tertiary/aromatic N) is 2. The fourth-order valence-electron chi connectivity index (χ4n) is 2.28. The molecule has 2 aromatic rings. The largest absolute Gasteiger partial charge is 0.389 e. The van der Waals surface area contributed by atoms with Gasteiger partial charge in [-0.15, -0.1) is 0 Å². The first-order valence-electron chi connectivity index (χ1n) is 5.68. The molecule has 1 aliphatic rings. The fourth-order valence-corrected chi connectivity index (χ4v) is 2.28. The van der Waals surface area contributed by atoms with Gasteiger partial charge in [-0.3, -0.25) is 4.79 Å². The molecule has 0 bridgehead atoms. The van der Waals surface area contributed by atoms with Gasteiger partial charge in [-0.1, -0.05) is 18.2 Å². The lowest BCUT2D eigenvalue weighted by Crippen LogP contribution is -2.53. The Kier molecular flexibility index (Phi) is 2.19. The Morgan fingerprint density at radius 2 is 2.06 bits per heavy atom. The van der Waals surface area contributed by atoms with Crippen LogP contribution in [-0.4, -0.2) is 39.7 Å². The van der Waals surface area contributed by atoms with Crippen LogP contribution in [0.1, 0.15) is 10.5 Å². The molecule has 88 valence electrons. The highest BCUT2D eigenvalue weighted by Crippen LogP contribution is 2.21. The highest BCUT2D eigenvalue weighted by Gasteiger charge is 2.30. The molecule has 0 saturated carbocycles. The smallest absolute Gasteiger partial charge is 0.270 e. The summed E-state index contributed by atoms with van der Waals surface area (Å²) in [4.78, 5) is 13.8. The first-order chi connectivity index (χ1) is 8.16. The summed E-state index contributed by atoms with van der Waals surface area (Å²) in [6, 6.07) is 9.82. The van der Waals surface area contributed by atoms with E-state index in [1.807, 2.05) is 41.9 Å². The van der Waals surface area contributed by atoms with E-state index in [1.165, 1.54) is 0 Å². The Labute approximate surface area is 99.1 Å². The Morgan fingerprint density at radius 3 is 2.71 bits per heavy atom. The molecule has 0 radical (unpaired) electrons. The van der Waals surface area contributed by atoms with Gasteiger partial charge < -0.3 is 14.6 Å². The summed E-state index contributed by atoms with van der Waals surface area (Å²) in [5.41, 5.74) is 1.73. The lowest BCUT2D eigenvalue weighted by Gasteiger charge is -2.35. The number of para-hydroxylation sites is 1. The number of rotatable bonds is 1. The van der Waals surface area contributed by atoms with Gasteiger partial charge in [0.05, 0.1) is 6.10 Å². The molecule has 0 spiro atoms. The summed E-state index contributed by atoms with van der Waals surface area (Å²) in [5, 5.41) is 10.3. The highest BCUT2D eigenvalue weighted by molar-refractivity contribution is 5.99. The summed E-state index contributed by atoms with van der Waals surface area (Å²) in [6.45, 7) is 0.890. The number of hydrogen-bond acceptors (Lipinski definition) is 2. The van der Waals surface area contributed by atoms with Crippen LogP contribution in [0.25, 0.3) is 10.9 Å². The number of hydrogen-bond donors (Lipinski definition) is 1. The van der Waals surface area contributed by atoms with E-state index in [-0.39, 0.29) is 12.0 Å². The zero-order valence-corrected chi connectivity index (χ0v) is 9.63. The number of benzene rings is 1. The van der Waals surface area contributed by atoms with E-state index in [2.05, 4.69) is 0 Å². The van der Waals surface area contributed by atoms with Crippen molar-refractivity contribution in [2.45, 2.75) is 6.10 Å². The van der Waals surface area contributed by atoms with Crippen molar-refractivity contribution in [3.63, 3.8) is 0 Å². The third-order valence-corrected chi connectivity index (χ3v) is 3.32. The SMILES string of the molecule is Cn1c(C(=O)N2CC(O)C2)cc2ccccc21. The van der Waals surface area contributed by atoms with Gasteiger partial charge in [-0.25, -0.2) is 0 Å². The molecule has 1 fully saturated rings. The summed E-state index contributed by atoms with van der Waals surface area (Å²) in [6.07, 6.45) is -0.353. The molecular weight excluding hydrogens is 216 g/mol. The molecule has 0 atom stereocenters. The average molecular weight is 230 g/mol. The van der Waals surface area contributed by atoms with E-state index in [4.69, 9.17) is 0 Å². The summed E-state index contributed by atoms with van der Waals surface area (Å²) >= 11 is 0. The number of amides is 1. The molecule has 1 amide bonds. The topological polar surface area (TPSA) is 45.5 Å². The predicted molar refractivity (Wildman–Crippen MR) is 64.8 cm³/mol. The van der Waals surface area contributed by atoms with Crippen LogP contribution in [0, 0.1) is 0 Å². The minimum absolute atomic E-state index is 0.00556. The van der Waals surface area contributed by atoms with E-state index in [1.54, 1.807) is 4.90 Å². The minimum Gasteiger partial charge on any atom is -0.389 e. The van der Waals surface area contributed by atoms with Crippen LogP contribution >= 0.6 is 0 Å². The van der Waals surface area contributed by atoms with Crippen LogP contribution in [0.3, 0.4) is 0 Å². The Hall–Kier alpha value is -1.81. The first-order valence-corrected chi connectivity index (χ1v) is 5.68. The highest BCUT2D eigenvalue weighted by atomic mass is 16.3. The number of aliphatic hydroxyl groups is 1. The van der Waals surface area contributed by atoms with Gasteiger partial charge >= 0.3 is 0 Å². The maximum atomic E-state index is 12.2. The summed E-state index contributed by atoms with van der Waals surface area (Å²) in [5.74, 6) is -0.00556. The number of carbonyl (C=O) groups is 1. The molecule has 1 aliphatic heterocycles. The summed E-state index contributed by atoms with van der Waals surface area (Å²) in [7, 11) is 1.89. The van der Waals surface area contributed by atoms with E-state index in [0.29, 0.717) is 18.8 Å². The van der Waals surface area contributed by atoms with Crippen molar-refractivity contribution in [1.82, 2.24) is 9.47 Å². The predicted octanol–water partition coefficient (Wildman–Crippen LogP) is 0.995. The average Bonchev–Trinajstić information content (AvgIpc) is 2.63. The molecule has 1 saturated heterocycles. The van der Waals surface area contributed by atoms with Gasteiger partial charge in [0.25, 0.3) is 5.91 Å². The molecule has 4 nitrogen and oxygen atoms in total. The molecule has 1 N–H and O–H groups in total. The van der Waals surface area contributed by atoms with Crippen molar-refractivity contribution in [1.29, 1.82) is 0 Å². The Balaban J connectivity index is 2.00. The quantitative estimate of drug-likeness (QED) is 0.794. The van der Waals surface area contributed by atoms with Crippen LogP contribution in [0.5, 0.6) is 0 Å². The number of fused-ring (bicyclic) bond motifs is 1. The second kappa shape index (κ2) is 3.60. The van der Waals surface area contributed by atoms with Crippen molar-refractivity contribution in [2.24, 2.45) is 7.05 Å². The molecule has 4 heteroatoms. The number of β-amino-alcohol motifs (C(OH)–C–C–N with tert-alkyl or cyclic N) is 1. The lowest BCUT2D eigenvalue weighted by molar-refractivity contribution is 0.00530. The van der Waals surface area contributed by atoms with Crippen LogP contribution in [-0.2, 0) is 7.05 Å². The second-order valence-electron chi connectivity index (χ2n) is 4.51. The van der Waals surface area contributed by atoms with Crippen molar-refractivity contribution in [3.8, 4) is 0 Å². The van der Waals surface area contributed by atoms with Crippen LogP contribution < -0.4 is 0 Å². The molecule has 0 aliphatic carbocycles. The fraction of sp³-hybridized carbons (Fsp3) is 0.308. The Morgan fingerprint density at radius 1 is 1.35 bits per heavy atom. The zero-order valence-electron chi connectivity index (χ0n) is 9.63. The third-order valence-electron chi connectivity index (χ3n) is 3.32. The van der Waals surface area contributed by atoms with Crippen LogP contribution in [0.15, 0.2) is 30.3 Å². The molecule has 17 heavy (non-hydrogen) atoms. The van der Waals surface area contributed by atoms with Crippen molar-refractivity contribution >= 4 is 16.8 Å². The number of aryl methyl sites for hydroxylation is 1. The van der Waals surface area contributed by atoms with Gasteiger partial charge in [0.2, 0.25) is 0 Å². The molecular formula is C13H14N2O2. The third kappa shape index (κ3) is 1.52. The van der Waals surface area contributed by atoms with E-state index in [9.17, 15) is 9.90 Å². The van der Waals surface area contributed by atoms with Crippen LogP contribution in [0.2, 0.25) is 0 Å². The standard InChI is InChI=1S/C13H14N2O2/c1-14-11-5-3-2-4-9(11)6-12(14)13(17)15-7-10(16)8-15/h2-6,10,16H,7-8H2,1H3. The van der Waals surface area contributed by atoms with Crippen LogP contribution in [0.4, 0.5) is 0 Å². The molecule has 1 aromatic heterocycles. The van der Waals surface area contributed by atoms with Crippen molar-refractivity contribution in [3.05, 3.63) is 36.0 Å². The molecule has 0 unspecified atom stereocenters. The molecule has 1 aromatic carbocycles. The summed E-state index contributed by atoms with van der Waals surface area (Å²) < 4.78 is 1.91. The normalized spacial score (nSPS) is 16.2.